The first-order chi connectivity index (χ1) is 10.7. The predicted octanol–water partition coefficient (Wildman–Crippen LogP) is 0.858. The molecule has 22 heavy (non-hydrogen) atoms. The number of ether oxygens (including phenoxy) is 1. The molecule has 120 valence electrons. The molecular formula is C15H22N4O2S. The molecule has 0 aromatic carbocycles. The highest BCUT2D eigenvalue weighted by atomic mass is 32.2. The number of carbonyl (C=O) groups excluding carboxylic acids is 1. The monoisotopic (exact) mass is 322 g/mol. The topological polar surface area (TPSA) is 57.7 Å². The van der Waals surface area contributed by atoms with E-state index in [0.29, 0.717) is 11.4 Å². The summed E-state index contributed by atoms with van der Waals surface area (Å²) in [7, 11) is 2.09. The second kappa shape index (κ2) is 7.30. The maximum absolute atomic E-state index is 12.3. The molecule has 0 radical (unpaired) electrons. The SMILES string of the molecule is CN1CCN(NC(=O)c2ccnc(OC3CCSC3)c2)CC1. The van der Waals surface area contributed by atoms with Crippen LogP contribution in [0.1, 0.15) is 16.8 Å². The van der Waals surface area contributed by atoms with E-state index in [2.05, 4.69) is 22.4 Å². The van der Waals surface area contributed by atoms with Crippen molar-refractivity contribution in [3.05, 3.63) is 23.9 Å². The van der Waals surface area contributed by atoms with Gasteiger partial charge < -0.3 is 9.64 Å². The number of rotatable bonds is 4. The minimum atomic E-state index is -0.0994. The van der Waals surface area contributed by atoms with Crippen LogP contribution in [0.15, 0.2) is 18.3 Å². The zero-order chi connectivity index (χ0) is 15.4. The Balaban J connectivity index is 1.57. The van der Waals surface area contributed by atoms with Gasteiger partial charge >= 0.3 is 0 Å². The van der Waals surface area contributed by atoms with Gasteiger partial charge in [-0.15, -0.1) is 0 Å². The van der Waals surface area contributed by atoms with E-state index in [0.717, 1.165) is 44.1 Å². The zero-order valence-electron chi connectivity index (χ0n) is 12.8. The number of hydrogen-bond acceptors (Lipinski definition) is 6. The molecule has 3 rings (SSSR count). The number of nitrogens with one attached hydrogen (secondary N) is 1. The molecule has 0 spiro atoms. The molecule has 1 aromatic heterocycles. The molecule has 0 bridgehead atoms. The Morgan fingerprint density at radius 3 is 2.95 bits per heavy atom. The number of thioether (sulfide) groups is 1. The number of carbonyl (C=O) groups is 1. The van der Waals surface area contributed by atoms with E-state index in [9.17, 15) is 4.79 Å². The summed E-state index contributed by atoms with van der Waals surface area (Å²) in [4.78, 5) is 18.8. The lowest BCUT2D eigenvalue weighted by Gasteiger charge is -2.32. The van der Waals surface area contributed by atoms with Crippen molar-refractivity contribution in [1.82, 2.24) is 20.3 Å². The van der Waals surface area contributed by atoms with Gasteiger partial charge in [0.15, 0.2) is 0 Å². The smallest absolute Gasteiger partial charge is 0.265 e. The number of aromatic nitrogens is 1. The van der Waals surface area contributed by atoms with Crippen molar-refractivity contribution in [2.24, 2.45) is 0 Å². The quantitative estimate of drug-likeness (QED) is 0.887. The molecule has 1 unspecified atom stereocenters. The minimum absolute atomic E-state index is 0.0994. The number of piperazine rings is 1. The largest absolute Gasteiger partial charge is 0.473 e. The van der Waals surface area contributed by atoms with Crippen molar-refractivity contribution in [3.63, 3.8) is 0 Å². The molecule has 1 N–H and O–H groups in total. The molecule has 7 heteroatoms. The standard InChI is InChI=1S/C15H22N4O2S/c1-18-5-7-19(8-6-18)17-15(20)12-2-4-16-14(10-12)21-13-3-9-22-11-13/h2,4,10,13H,3,5-9,11H2,1H3,(H,17,20). The van der Waals surface area contributed by atoms with Gasteiger partial charge in [-0.1, -0.05) is 0 Å². The molecule has 0 saturated carbocycles. The van der Waals surface area contributed by atoms with Crippen LogP contribution in [0.5, 0.6) is 5.88 Å². The zero-order valence-corrected chi connectivity index (χ0v) is 13.6. The van der Waals surface area contributed by atoms with E-state index in [-0.39, 0.29) is 12.0 Å². The number of amides is 1. The fourth-order valence-corrected chi connectivity index (χ4v) is 3.61. The number of hydrogen-bond donors (Lipinski definition) is 1. The Labute approximate surface area is 135 Å². The molecule has 2 fully saturated rings. The van der Waals surface area contributed by atoms with Gasteiger partial charge in [0.05, 0.1) is 0 Å². The lowest BCUT2D eigenvalue weighted by atomic mass is 10.2. The van der Waals surface area contributed by atoms with Crippen LogP contribution in [0.2, 0.25) is 0 Å². The van der Waals surface area contributed by atoms with Crippen molar-refractivity contribution in [2.75, 3.05) is 44.7 Å². The summed E-state index contributed by atoms with van der Waals surface area (Å²) < 4.78 is 5.84. The van der Waals surface area contributed by atoms with E-state index in [4.69, 9.17) is 4.74 Å². The average Bonchev–Trinajstić information content (AvgIpc) is 3.03. The first-order valence-electron chi connectivity index (χ1n) is 7.65. The van der Waals surface area contributed by atoms with Crippen LogP contribution in [0, 0.1) is 0 Å². The van der Waals surface area contributed by atoms with Crippen LogP contribution < -0.4 is 10.2 Å². The number of hydrazine groups is 1. The van der Waals surface area contributed by atoms with Crippen LogP contribution in [-0.2, 0) is 0 Å². The van der Waals surface area contributed by atoms with Gasteiger partial charge in [0.25, 0.3) is 5.91 Å². The highest BCUT2D eigenvalue weighted by Gasteiger charge is 2.19. The fraction of sp³-hybridized carbons (Fsp3) is 0.600. The van der Waals surface area contributed by atoms with Crippen LogP contribution in [0.4, 0.5) is 0 Å². The second-order valence-electron chi connectivity index (χ2n) is 5.72. The van der Waals surface area contributed by atoms with Crippen molar-refractivity contribution >= 4 is 17.7 Å². The molecule has 2 aliphatic rings. The van der Waals surface area contributed by atoms with Crippen molar-refractivity contribution in [2.45, 2.75) is 12.5 Å². The summed E-state index contributed by atoms with van der Waals surface area (Å²) >= 11 is 1.89. The predicted molar refractivity (Wildman–Crippen MR) is 87.1 cm³/mol. The summed E-state index contributed by atoms with van der Waals surface area (Å²) in [6, 6.07) is 3.45. The average molecular weight is 322 g/mol. The van der Waals surface area contributed by atoms with E-state index < -0.39 is 0 Å². The number of nitrogens with zero attached hydrogens (tertiary/aromatic N) is 3. The summed E-state index contributed by atoms with van der Waals surface area (Å²) in [6.07, 6.45) is 2.90. The molecule has 2 aliphatic heterocycles. The molecule has 0 aliphatic carbocycles. The van der Waals surface area contributed by atoms with E-state index in [1.807, 2.05) is 16.8 Å². The Bertz CT molecular complexity index is 514. The molecule has 2 saturated heterocycles. The van der Waals surface area contributed by atoms with Crippen LogP contribution in [0.25, 0.3) is 0 Å². The molecule has 6 nitrogen and oxygen atoms in total. The summed E-state index contributed by atoms with van der Waals surface area (Å²) in [5.74, 6) is 2.57. The molecule has 1 aromatic rings. The lowest BCUT2D eigenvalue weighted by molar-refractivity contribution is 0.0661. The van der Waals surface area contributed by atoms with Gasteiger partial charge in [-0.05, 0) is 25.3 Å². The van der Waals surface area contributed by atoms with E-state index in [1.165, 1.54) is 0 Å². The molecule has 1 amide bonds. The third-order valence-corrected chi connectivity index (χ3v) is 5.07. The van der Waals surface area contributed by atoms with Crippen molar-refractivity contribution < 1.29 is 9.53 Å². The summed E-state index contributed by atoms with van der Waals surface area (Å²) in [6.45, 7) is 3.61. The Morgan fingerprint density at radius 1 is 1.41 bits per heavy atom. The Hall–Kier alpha value is -1.31. The third-order valence-electron chi connectivity index (χ3n) is 3.94. The highest BCUT2D eigenvalue weighted by molar-refractivity contribution is 7.99. The van der Waals surface area contributed by atoms with Gasteiger partial charge in [0.2, 0.25) is 5.88 Å². The van der Waals surface area contributed by atoms with Crippen LogP contribution in [0.3, 0.4) is 0 Å². The number of pyridine rings is 1. The van der Waals surface area contributed by atoms with E-state index in [1.54, 1.807) is 18.3 Å². The molecule has 1 atom stereocenters. The first-order valence-corrected chi connectivity index (χ1v) is 8.81. The van der Waals surface area contributed by atoms with E-state index >= 15 is 0 Å². The summed E-state index contributed by atoms with van der Waals surface area (Å²) in [5.41, 5.74) is 3.55. The van der Waals surface area contributed by atoms with Crippen LogP contribution in [-0.4, -0.2) is 71.6 Å². The van der Waals surface area contributed by atoms with Crippen LogP contribution >= 0.6 is 11.8 Å². The number of likely N-dealkylation sites (N-methyl/N-ethyl adjacent to an activating group) is 1. The van der Waals surface area contributed by atoms with Gasteiger partial charge in [0.1, 0.15) is 6.10 Å². The highest BCUT2D eigenvalue weighted by Crippen LogP contribution is 2.22. The fourth-order valence-electron chi connectivity index (χ4n) is 2.52. The first kappa shape index (κ1) is 15.6. The maximum atomic E-state index is 12.3. The van der Waals surface area contributed by atoms with Gasteiger partial charge in [-0.25, -0.2) is 9.99 Å². The molecule has 3 heterocycles. The Kier molecular flexibility index (Phi) is 5.17. The van der Waals surface area contributed by atoms with Gasteiger partial charge in [-0.2, -0.15) is 11.8 Å². The van der Waals surface area contributed by atoms with Gasteiger partial charge in [0, 0.05) is 49.8 Å². The maximum Gasteiger partial charge on any atom is 0.265 e. The third kappa shape index (κ3) is 4.12. The van der Waals surface area contributed by atoms with Crippen molar-refractivity contribution in [3.8, 4) is 5.88 Å². The Morgan fingerprint density at radius 2 is 2.23 bits per heavy atom. The molecular weight excluding hydrogens is 300 g/mol. The lowest BCUT2D eigenvalue weighted by Crippen LogP contribution is -2.52. The minimum Gasteiger partial charge on any atom is -0.473 e. The van der Waals surface area contributed by atoms with Gasteiger partial charge in [-0.3, -0.25) is 10.2 Å². The summed E-state index contributed by atoms with van der Waals surface area (Å²) in [5, 5.41) is 1.97. The van der Waals surface area contributed by atoms with Crippen molar-refractivity contribution in [1.29, 1.82) is 0 Å². The second-order valence-corrected chi connectivity index (χ2v) is 6.87. The normalized spacial score (nSPS) is 23.4.